The van der Waals surface area contributed by atoms with Crippen LogP contribution in [0.5, 0.6) is 0 Å². The summed E-state index contributed by atoms with van der Waals surface area (Å²) < 4.78 is 4.96. The lowest BCUT2D eigenvalue weighted by Crippen LogP contribution is -2.13. The number of hydrogen-bond donors (Lipinski definition) is 0. The van der Waals surface area contributed by atoms with Crippen LogP contribution in [0.15, 0.2) is 4.99 Å². The largest absolute Gasteiger partial charge is 0.473 e. The summed E-state index contributed by atoms with van der Waals surface area (Å²) in [7, 11) is 0. The third kappa shape index (κ3) is 1.35. The van der Waals surface area contributed by atoms with Crippen molar-refractivity contribution in [2.75, 3.05) is 6.61 Å². The Bertz CT molecular complexity index is 163. The summed E-state index contributed by atoms with van der Waals surface area (Å²) in [6, 6.07) is 0.181. The highest BCUT2D eigenvalue weighted by molar-refractivity contribution is 6.24. The highest BCUT2D eigenvalue weighted by Gasteiger charge is 2.20. The Kier molecular flexibility index (Phi) is 2.04. The van der Waals surface area contributed by atoms with E-state index in [0.29, 0.717) is 18.8 Å². The normalized spacial score (nSPS) is 24.3. The van der Waals surface area contributed by atoms with E-state index < -0.39 is 0 Å². The van der Waals surface area contributed by atoms with Gasteiger partial charge in [-0.25, -0.2) is 4.99 Å². The second kappa shape index (κ2) is 2.82. The molecule has 10 heavy (non-hydrogen) atoms. The first-order valence-electron chi connectivity index (χ1n) is 3.40. The van der Waals surface area contributed by atoms with Crippen molar-refractivity contribution < 1.29 is 9.53 Å². The predicted molar refractivity (Wildman–Crippen MR) is 38.1 cm³/mol. The Labute approximate surface area is 60.1 Å². The minimum atomic E-state index is 0.181. The average molecular weight is 141 g/mol. The van der Waals surface area contributed by atoms with E-state index in [-0.39, 0.29) is 11.9 Å². The van der Waals surface area contributed by atoms with E-state index in [1.807, 2.05) is 0 Å². The van der Waals surface area contributed by atoms with Gasteiger partial charge in [0.2, 0.25) is 12.2 Å². The summed E-state index contributed by atoms with van der Waals surface area (Å²) in [5.41, 5.74) is 0. The van der Waals surface area contributed by atoms with E-state index >= 15 is 0 Å². The van der Waals surface area contributed by atoms with Gasteiger partial charge in [-0.2, -0.15) is 0 Å². The van der Waals surface area contributed by atoms with E-state index in [9.17, 15) is 4.79 Å². The van der Waals surface area contributed by atoms with Crippen molar-refractivity contribution in [1.82, 2.24) is 0 Å². The molecule has 1 aliphatic rings. The summed E-state index contributed by atoms with van der Waals surface area (Å²) in [5, 5.41) is 0. The van der Waals surface area contributed by atoms with E-state index in [1.165, 1.54) is 0 Å². The first-order valence-corrected chi connectivity index (χ1v) is 3.40. The molecule has 0 N–H and O–H groups in total. The van der Waals surface area contributed by atoms with Crippen LogP contribution in [0.3, 0.4) is 0 Å². The molecule has 1 aliphatic heterocycles. The standard InChI is InChI=1S/C7H11NO2/c1-5(2)6-4-10-7(3-9)8-6/h3,5-6H,4H2,1-2H3. The summed E-state index contributed by atoms with van der Waals surface area (Å²) in [4.78, 5) is 14.2. The van der Waals surface area contributed by atoms with Crippen LogP contribution in [0, 0.1) is 5.92 Å². The van der Waals surface area contributed by atoms with Crippen molar-refractivity contribution in [2.45, 2.75) is 19.9 Å². The molecule has 3 nitrogen and oxygen atoms in total. The third-order valence-corrected chi connectivity index (χ3v) is 1.57. The molecular weight excluding hydrogens is 130 g/mol. The lowest BCUT2D eigenvalue weighted by atomic mass is 10.1. The molecule has 1 atom stereocenters. The monoisotopic (exact) mass is 141 g/mol. The third-order valence-electron chi connectivity index (χ3n) is 1.57. The van der Waals surface area contributed by atoms with Crippen LogP contribution >= 0.6 is 0 Å². The Morgan fingerprint density at radius 3 is 2.80 bits per heavy atom. The zero-order valence-corrected chi connectivity index (χ0v) is 6.20. The maximum atomic E-state index is 10.1. The molecule has 0 amide bonds. The molecule has 0 bridgehead atoms. The number of aliphatic imine (C=N–C) groups is 1. The van der Waals surface area contributed by atoms with Crippen molar-refractivity contribution in [3.05, 3.63) is 0 Å². The van der Waals surface area contributed by atoms with Gasteiger partial charge in [0.15, 0.2) is 0 Å². The number of carbonyl (C=O) groups excluding carboxylic acids is 1. The molecule has 1 unspecified atom stereocenters. The summed E-state index contributed by atoms with van der Waals surface area (Å²) in [6.07, 6.45) is 0.655. The SMILES string of the molecule is CC(C)C1COC(C=O)=N1. The smallest absolute Gasteiger partial charge is 0.250 e. The van der Waals surface area contributed by atoms with Gasteiger partial charge in [0, 0.05) is 0 Å². The van der Waals surface area contributed by atoms with E-state index in [4.69, 9.17) is 4.74 Å². The molecule has 0 radical (unpaired) electrons. The molecule has 56 valence electrons. The van der Waals surface area contributed by atoms with Gasteiger partial charge >= 0.3 is 0 Å². The molecular formula is C7H11NO2. The zero-order valence-electron chi connectivity index (χ0n) is 6.20. The van der Waals surface area contributed by atoms with Crippen molar-refractivity contribution in [1.29, 1.82) is 0 Å². The van der Waals surface area contributed by atoms with Gasteiger partial charge in [-0.3, -0.25) is 4.79 Å². The van der Waals surface area contributed by atoms with Crippen molar-refractivity contribution in [3.63, 3.8) is 0 Å². The first kappa shape index (κ1) is 7.25. The fraction of sp³-hybridized carbons (Fsp3) is 0.714. The molecule has 0 saturated heterocycles. The second-order valence-electron chi connectivity index (χ2n) is 2.71. The number of ether oxygens (including phenoxy) is 1. The molecule has 1 rings (SSSR count). The van der Waals surface area contributed by atoms with Gasteiger partial charge in [0.25, 0.3) is 0 Å². The average Bonchev–Trinajstić information content (AvgIpc) is 2.34. The lowest BCUT2D eigenvalue weighted by Gasteiger charge is -2.06. The van der Waals surface area contributed by atoms with Gasteiger partial charge in [-0.15, -0.1) is 0 Å². The highest BCUT2D eigenvalue weighted by atomic mass is 16.5. The van der Waals surface area contributed by atoms with E-state index in [2.05, 4.69) is 18.8 Å². The zero-order chi connectivity index (χ0) is 7.56. The van der Waals surface area contributed by atoms with E-state index in [1.54, 1.807) is 0 Å². The van der Waals surface area contributed by atoms with Crippen LogP contribution in [0.4, 0.5) is 0 Å². The van der Waals surface area contributed by atoms with Crippen LogP contribution in [0.25, 0.3) is 0 Å². The van der Waals surface area contributed by atoms with Crippen LogP contribution < -0.4 is 0 Å². The van der Waals surface area contributed by atoms with Crippen LogP contribution in [0.2, 0.25) is 0 Å². The fourth-order valence-electron chi connectivity index (χ4n) is 0.815. The fourth-order valence-corrected chi connectivity index (χ4v) is 0.815. The molecule has 0 aromatic rings. The van der Waals surface area contributed by atoms with Crippen LogP contribution in [0.1, 0.15) is 13.8 Å². The lowest BCUT2D eigenvalue weighted by molar-refractivity contribution is -0.103. The molecule has 0 aliphatic carbocycles. The van der Waals surface area contributed by atoms with Crippen molar-refractivity contribution in [3.8, 4) is 0 Å². The maximum absolute atomic E-state index is 10.1. The minimum absolute atomic E-state index is 0.181. The van der Waals surface area contributed by atoms with E-state index in [0.717, 1.165) is 0 Å². The molecule has 3 heteroatoms. The summed E-state index contributed by atoms with van der Waals surface area (Å²) in [5.74, 6) is 0.705. The Morgan fingerprint density at radius 2 is 2.50 bits per heavy atom. The van der Waals surface area contributed by atoms with Gasteiger partial charge in [-0.1, -0.05) is 13.8 Å². The van der Waals surface area contributed by atoms with Crippen LogP contribution in [-0.2, 0) is 9.53 Å². The number of carbonyl (C=O) groups is 1. The topological polar surface area (TPSA) is 38.7 Å². The second-order valence-corrected chi connectivity index (χ2v) is 2.71. The maximum Gasteiger partial charge on any atom is 0.250 e. The molecule has 1 heterocycles. The molecule has 0 fully saturated rings. The van der Waals surface area contributed by atoms with Gasteiger partial charge in [-0.05, 0) is 5.92 Å². The van der Waals surface area contributed by atoms with Gasteiger partial charge in [0.05, 0.1) is 6.04 Å². The highest BCUT2D eigenvalue weighted by Crippen LogP contribution is 2.12. The Hall–Kier alpha value is -0.860. The number of rotatable bonds is 2. The number of nitrogens with zero attached hydrogens (tertiary/aromatic N) is 1. The molecule has 0 saturated carbocycles. The van der Waals surface area contributed by atoms with Gasteiger partial charge in [0.1, 0.15) is 6.61 Å². The molecule has 0 aromatic carbocycles. The van der Waals surface area contributed by atoms with Gasteiger partial charge < -0.3 is 4.74 Å². The molecule has 0 aromatic heterocycles. The quantitative estimate of drug-likeness (QED) is 0.529. The first-order chi connectivity index (χ1) is 4.74. The predicted octanol–water partition coefficient (Wildman–Crippen LogP) is 0.639. The van der Waals surface area contributed by atoms with Crippen LogP contribution in [-0.4, -0.2) is 24.8 Å². The Balaban J connectivity index is 2.54. The Morgan fingerprint density at radius 1 is 1.80 bits per heavy atom. The van der Waals surface area contributed by atoms with Crippen molar-refractivity contribution >= 4 is 12.2 Å². The minimum Gasteiger partial charge on any atom is -0.473 e. The summed E-state index contributed by atoms with van der Waals surface area (Å²) in [6.45, 7) is 4.68. The van der Waals surface area contributed by atoms with Crippen molar-refractivity contribution in [2.24, 2.45) is 10.9 Å². The number of aldehydes is 1. The summed E-state index contributed by atoms with van der Waals surface area (Å²) >= 11 is 0. The number of hydrogen-bond acceptors (Lipinski definition) is 3. The molecule has 0 spiro atoms.